The fourth-order valence-corrected chi connectivity index (χ4v) is 1.48. The molecule has 0 bridgehead atoms. The van der Waals surface area contributed by atoms with Gasteiger partial charge in [-0.05, 0) is 29.8 Å². The van der Waals surface area contributed by atoms with Crippen LogP contribution in [-0.2, 0) is 6.42 Å². The lowest BCUT2D eigenvalue weighted by Gasteiger charge is -2.00. The van der Waals surface area contributed by atoms with E-state index in [1.54, 1.807) is 6.07 Å². The van der Waals surface area contributed by atoms with Crippen molar-refractivity contribution < 1.29 is 0 Å². The highest BCUT2D eigenvalue weighted by Gasteiger charge is 1.98. The number of hydrogen-bond donors (Lipinski definition) is 0. The topological polar surface area (TPSA) is 25.8 Å². The molecule has 0 amide bonds. The Bertz CT molecular complexity index is 394. The number of rotatable bonds is 2. The van der Waals surface area contributed by atoms with Gasteiger partial charge in [0.15, 0.2) is 5.15 Å². The van der Waals surface area contributed by atoms with Crippen LogP contribution in [0.3, 0.4) is 0 Å². The molecule has 4 heteroatoms. The molecule has 0 fully saturated rings. The third-order valence-electron chi connectivity index (χ3n) is 1.99. The van der Waals surface area contributed by atoms with Crippen molar-refractivity contribution >= 4 is 23.2 Å². The van der Waals surface area contributed by atoms with Crippen molar-refractivity contribution in [3.05, 3.63) is 57.8 Å². The zero-order valence-corrected chi connectivity index (χ0v) is 9.33. The van der Waals surface area contributed by atoms with E-state index in [0.29, 0.717) is 5.15 Å². The van der Waals surface area contributed by atoms with E-state index < -0.39 is 0 Å². The first-order valence-corrected chi connectivity index (χ1v) is 5.22. The summed E-state index contributed by atoms with van der Waals surface area (Å²) in [6, 6.07) is 11.3. The first-order chi connectivity index (χ1) is 7.24. The van der Waals surface area contributed by atoms with Crippen molar-refractivity contribution in [1.29, 1.82) is 0 Å². The Morgan fingerprint density at radius 1 is 0.867 bits per heavy atom. The Kier molecular flexibility index (Phi) is 3.19. The van der Waals surface area contributed by atoms with Crippen LogP contribution in [0.1, 0.15) is 11.3 Å². The monoisotopic (exact) mass is 238 g/mol. The molecule has 0 aliphatic heterocycles. The number of nitrogens with zero attached hydrogens (tertiary/aromatic N) is 2. The molecule has 0 N–H and O–H groups in total. The van der Waals surface area contributed by atoms with Gasteiger partial charge >= 0.3 is 0 Å². The number of aromatic nitrogens is 2. The molecule has 1 heterocycles. The van der Waals surface area contributed by atoms with Crippen LogP contribution in [0, 0.1) is 0 Å². The van der Waals surface area contributed by atoms with Gasteiger partial charge in [-0.25, -0.2) is 0 Å². The van der Waals surface area contributed by atoms with E-state index in [0.717, 1.165) is 22.7 Å². The molecule has 0 saturated heterocycles. The van der Waals surface area contributed by atoms with Crippen LogP contribution in [0.25, 0.3) is 0 Å². The molecule has 0 spiro atoms. The van der Waals surface area contributed by atoms with Crippen LogP contribution in [0.4, 0.5) is 0 Å². The first kappa shape index (κ1) is 10.4. The van der Waals surface area contributed by atoms with Crippen molar-refractivity contribution in [1.82, 2.24) is 10.2 Å². The minimum atomic E-state index is 0.412. The van der Waals surface area contributed by atoms with Crippen LogP contribution in [0.5, 0.6) is 0 Å². The molecular formula is C11H8Cl2N2. The van der Waals surface area contributed by atoms with Gasteiger partial charge in [-0.2, -0.15) is 5.10 Å². The zero-order chi connectivity index (χ0) is 10.7. The van der Waals surface area contributed by atoms with Gasteiger partial charge in [-0.1, -0.05) is 35.3 Å². The molecule has 0 aliphatic rings. The van der Waals surface area contributed by atoms with Gasteiger partial charge in [-0.3, -0.25) is 0 Å². The van der Waals surface area contributed by atoms with E-state index in [4.69, 9.17) is 23.2 Å². The Morgan fingerprint density at radius 3 is 2.20 bits per heavy atom. The quantitative estimate of drug-likeness (QED) is 0.802. The minimum Gasteiger partial charge on any atom is -0.154 e. The van der Waals surface area contributed by atoms with Gasteiger partial charge < -0.3 is 0 Å². The Balaban J connectivity index is 2.15. The molecule has 0 unspecified atom stereocenters. The Hall–Kier alpha value is -1.12. The van der Waals surface area contributed by atoms with Gasteiger partial charge in [0, 0.05) is 11.4 Å². The summed E-state index contributed by atoms with van der Waals surface area (Å²) in [6.07, 6.45) is 0.737. The molecule has 76 valence electrons. The summed E-state index contributed by atoms with van der Waals surface area (Å²) in [5, 5.41) is 8.91. The normalized spacial score (nSPS) is 10.3. The second kappa shape index (κ2) is 4.60. The van der Waals surface area contributed by atoms with Crippen LogP contribution >= 0.6 is 23.2 Å². The fraction of sp³-hybridized carbons (Fsp3) is 0.0909. The molecule has 2 rings (SSSR count). The summed E-state index contributed by atoms with van der Waals surface area (Å²) >= 11 is 11.4. The van der Waals surface area contributed by atoms with E-state index in [2.05, 4.69) is 10.2 Å². The lowest BCUT2D eigenvalue weighted by atomic mass is 10.1. The first-order valence-electron chi connectivity index (χ1n) is 4.46. The van der Waals surface area contributed by atoms with Crippen LogP contribution in [0.15, 0.2) is 36.4 Å². The predicted octanol–water partition coefficient (Wildman–Crippen LogP) is 3.37. The van der Waals surface area contributed by atoms with E-state index in [9.17, 15) is 0 Å². The average Bonchev–Trinajstić information content (AvgIpc) is 2.25. The molecule has 2 nitrogen and oxygen atoms in total. The van der Waals surface area contributed by atoms with Gasteiger partial charge in [0.25, 0.3) is 0 Å². The largest absolute Gasteiger partial charge is 0.154 e. The van der Waals surface area contributed by atoms with Gasteiger partial charge in [0.1, 0.15) is 0 Å². The molecule has 0 aliphatic carbocycles. The standard InChI is InChI=1S/C11H8Cl2N2/c12-9-3-1-8(2-4-9)7-10-5-6-11(13)15-14-10/h1-6H,7H2. The number of hydrogen-bond acceptors (Lipinski definition) is 2. The second-order valence-electron chi connectivity index (χ2n) is 3.15. The fourth-order valence-electron chi connectivity index (χ4n) is 1.25. The van der Waals surface area contributed by atoms with Crippen molar-refractivity contribution in [3.8, 4) is 0 Å². The SMILES string of the molecule is Clc1ccc(Cc2ccc(Cl)nn2)cc1. The highest BCUT2D eigenvalue weighted by Crippen LogP contribution is 2.12. The zero-order valence-electron chi connectivity index (χ0n) is 7.82. The highest BCUT2D eigenvalue weighted by atomic mass is 35.5. The molecular weight excluding hydrogens is 231 g/mol. The lowest BCUT2D eigenvalue weighted by molar-refractivity contribution is 0.937. The molecule has 0 radical (unpaired) electrons. The van der Waals surface area contributed by atoms with E-state index in [-0.39, 0.29) is 0 Å². The van der Waals surface area contributed by atoms with Crippen LogP contribution in [-0.4, -0.2) is 10.2 Å². The van der Waals surface area contributed by atoms with Gasteiger partial charge in [0.2, 0.25) is 0 Å². The van der Waals surface area contributed by atoms with E-state index in [1.807, 2.05) is 30.3 Å². The summed E-state index contributed by atoms with van der Waals surface area (Å²) in [5.41, 5.74) is 2.04. The third-order valence-corrected chi connectivity index (χ3v) is 2.44. The van der Waals surface area contributed by atoms with Crippen molar-refractivity contribution in [2.75, 3.05) is 0 Å². The maximum atomic E-state index is 5.79. The Labute approximate surface area is 97.9 Å². The number of benzene rings is 1. The molecule has 15 heavy (non-hydrogen) atoms. The van der Waals surface area contributed by atoms with Crippen molar-refractivity contribution in [3.63, 3.8) is 0 Å². The molecule has 1 aromatic carbocycles. The van der Waals surface area contributed by atoms with Crippen molar-refractivity contribution in [2.45, 2.75) is 6.42 Å². The summed E-state index contributed by atoms with van der Waals surface area (Å²) in [4.78, 5) is 0. The van der Waals surface area contributed by atoms with Crippen LogP contribution < -0.4 is 0 Å². The van der Waals surface area contributed by atoms with Crippen molar-refractivity contribution in [2.24, 2.45) is 0 Å². The summed E-state index contributed by atoms with van der Waals surface area (Å²) < 4.78 is 0. The molecule has 0 atom stereocenters. The van der Waals surface area contributed by atoms with Gasteiger partial charge in [-0.15, -0.1) is 5.10 Å². The second-order valence-corrected chi connectivity index (χ2v) is 3.97. The minimum absolute atomic E-state index is 0.412. The summed E-state index contributed by atoms with van der Waals surface area (Å²) in [5.74, 6) is 0. The highest BCUT2D eigenvalue weighted by molar-refractivity contribution is 6.30. The predicted molar refractivity (Wildman–Crippen MR) is 61.3 cm³/mol. The molecule has 1 aromatic heterocycles. The number of halogens is 2. The van der Waals surface area contributed by atoms with Gasteiger partial charge in [0.05, 0.1) is 5.69 Å². The van der Waals surface area contributed by atoms with E-state index in [1.165, 1.54) is 0 Å². The third kappa shape index (κ3) is 2.91. The maximum absolute atomic E-state index is 5.79. The average molecular weight is 239 g/mol. The molecule has 2 aromatic rings. The lowest BCUT2D eigenvalue weighted by Crippen LogP contribution is -1.93. The Morgan fingerprint density at radius 2 is 1.60 bits per heavy atom. The van der Waals surface area contributed by atoms with Crippen LogP contribution in [0.2, 0.25) is 10.2 Å². The molecule has 0 saturated carbocycles. The maximum Gasteiger partial charge on any atom is 0.151 e. The van der Waals surface area contributed by atoms with E-state index >= 15 is 0 Å². The summed E-state index contributed by atoms with van der Waals surface area (Å²) in [7, 11) is 0. The summed E-state index contributed by atoms with van der Waals surface area (Å²) in [6.45, 7) is 0. The smallest absolute Gasteiger partial charge is 0.151 e.